The molecule has 0 radical (unpaired) electrons. The summed E-state index contributed by atoms with van der Waals surface area (Å²) in [6.45, 7) is -0.0672. The Bertz CT molecular complexity index is 424. The van der Waals surface area contributed by atoms with Crippen LogP contribution in [0.5, 0.6) is 5.75 Å². The van der Waals surface area contributed by atoms with E-state index < -0.39 is 24.4 Å². The van der Waals surface area contributed by atoms with Crippen LogP contribution in [-0.4, -0.2) is 52.6 Å². The molecular formula is C14H21NO5. The number of hydrogen-bond acceptors (Lipinski definition) is 6. The summed E-state index contributed by atoms with van der Waals surface area (Å²) < 4.78 is 5.05. The topological polar surface area (TPSA) is 102 Å². The van der Waals surface area contributed by atoms with E-state index in [0.717, 1.165) is 5.56 Å². The number of benzene rings is 1. The number of phenols is 1. The van der Waals surface area contributed by atoms with Gasteiger partial charge < -0.3 is 30.5 Å². The van der Waals surface area contributed by atoms with E-state index in [4.69, 9.17) is 4.74 Å². The van der Waals surface area contributed by atoms with Crippen molar-refractivity contribution in [2.75, 3.05) is 13.7 Å². The molecule has 1 aliphatic heterocycles. The van der Waals surface area contributed by atoms with Gasteiger partial charge in [0, 0.05) is 12.0 Å². The van der Waals surface area contributed by atoms with Gasteiger partial charge in [-0.05, 0) is 31.2 Å². The van der Waals surface area contributed by atoms with E-state index in [1.54, 1.807) is 31.3 Å². The van der Waals surface area contributed by atoms with Crippen LogP contribution in [0.2, 0.25) is 0 Å². The van der Waals surface area contributed by atoms with Gasteiger partial charge in [-0.25, -0.2) is 0 Å². The molecule has 6 heteroatoms. The van der Waals surface area contributed by atoms with E-state index >= 15 is 0 Å². The smallest absolute Gasteiger partial charge is 0.160 e. The fraction of sp³-hybridized carbons (Fsp3) is 0.571. The molecule has 20 heavy (non-hydrogen) atoms. The van der Waals surface area contributed by atoms with Crippen molar-refractivity contribution in [3.8, 4) is 5.75 Å². The fourth-order valence-electron chi connectivity index (χ4n) is 2.53. The van der Waals surface area contributed by atoms with Crippen LogP contribution in [-0.2, 0) is 4.74 Å². The van der Waals surface area contributed by atoms with Gasteiger partial charge in [0.05, 0.1) is 12.7 Å². The molecule has 0 spiro atoms. The molecule has 0 aliphatic carbocycles. The third kappa shape index (κ3) is 3.28. The first-order valence-electron chi connectivity index (χ1n) is 6.65. The largest absolute Gasteiger partial charge is 0.508 e. The lowest BCUT2D eigenvalue weighted by atomic mass is 9.86. The zero-order valence-electron chi connectivity index (χ0n) is 11.3. The van der Waals surface area contributed by atoms with Gasteiger partial charge in [-0.1, -0.05) is 12.1 Å². The second kappa shape index (κ2) is 6.51. The highest BCUT2D eigenvalue weighted by Gasteiger charge is 2.38. The minimum Gasteiger partial charge on any atom is -0.508 e. The van der Waals surface area contributed by atoms with Gasteiger partial charge in [0.15, 0.2) is 6.29 Å². The van der Waals surface area contributed by atoms with Crippen molar-refractivity contribution in [3.63, 3.8) is 0 Å². The molecule has 5 N–H and O–H groups in total. The second-order valence-corrected chi connectivity index (χ2v) is 5.11. The molecule has 0 aromatic heterocycles. The maximum absolute atomic E-state index is 9.99. The van der Waals surface area contributed by atoms with Crippen LogP contribution >= 0.6 is 0 Å². The quantitative estimate of drug-likeness (QED) is 0.521. The molecule has 0 saturated carbocycles. The summed E-state index contributed by atoms with van der Waals surface area (Å²) in [7, 11) is 1.77. The summed E-state index contributed by atoms with van der Waals surface area (Å²) in [5.41, 5.74) is 0.921. The van der Waals surface area contributed by atoms with Crippen molar-refractivity contribution < 1.29 is 25.2 Å². The number of phenolic OH excluding ortho intramolecular Hbond substituents is 1. The molecule has 2 unspecified atom stereocenters. The zero-order valence-corrected chi connectivity index (χ0v) is 11.3. The van der Waals surface area contributed by atoms with E-state index in [1.807, 2.05) is 0 Å². The number of ether oxygens (including phenoxy) is 1. The molecule has 6 nitrogen and oxygen atoms in total. The average molecular weight is 283 g/mol. The molecule has 0 amide bonds. The molecule has 112 valence electrons. The predicted octanol–water partition coefficient (Wildman–Crippen LogP) is -0.271. The Morgan fingerprint density at radius 1 is 1.25 bits per heavy atom. The Hall–Kier alpha value is -1.18. The number of nitrogens with one attached hydrogen (secondary N) is 1. The number of aliphatic hydroxyl groups excluding tert-OH is 3. The van der Waals surface area contributed by atoms with Crippen molar-refractivity contribution in [3.05, 3.63) is 29.8 Å². The molecule has 1 fully saturated rings. The highest BCUT2D eigenvalue weighted by atomic mass is 16.6. The van der Waals surface area contributed by atoms with Crippen LogP contribution < -0.4 is 5.32 Å². The molecule has 1 aromatic rings. The van der Waals surface area contributed by atoms with Crippen molar-refractivity contribution in [2.24, 2.45) is 5.92 Å². The Morgan fingerprint density at radius 2 is 1.90 bits per heavy atom. The first-order valence-corrected chi connectivity index (χ1v) is 6.65. The lowest BCUT2D eigenvalue weighted by molar-refractivity contribution is -0.232. The Balaban J connectivity index is 2.10. The van der Waals surface area contributed by atoms with Gasteiger partial charge in [0.2, 0.25) is 0 Å². The van der Waals surface area contributed by atoms with Crippen LogP contribution in [0, 0.1) is 5.92 Å². The first kappa shape index (κ1) is 15.2. The monoisotopic (exact) mass is 283 g/mol. The van der Waals surface area contributed by atoms with Crippen LogP contribution in [0.3, 0.4) is 0 Å². The normalized spacial score (nSPS) is 32.0. The molecule has 1 saturated heterocycles. The summed E-state index contributed by atoms with van der Waals surface area (Å²) in [6, 6.07) is 6.58. The highest BCUT2D eigenvalue weighted by Crippen LogP contribution is 2.30. The third-order valence-corrected chi connectivity index (χ3v) is 3.79. The molecule has 5 atom stereocenters. The van der Waals surface area contributed by atoms with Crippen molar-refractivity contribution in [2.45, 2.75) is 31.0 Å². The van der Waals surface area contributed by atoms with Crippen LogP contribution in [0.25, 0.3) is 0 Å². The second-order valence-electron chi connectivity index (χ2n) is 5.11. The molecule has 1 heterocycles. The van der Waals surface area contributed by atoms with E-state index in [2.05, 4.69) is 5.32 Å². The van der Waals surface area contributed by atoms with Gasteiger partial charge in [-0.2, -0.15) is 0 Å². The van der Waals surface area contributed by atoms with Crippen molar-refractivity contribution in [1.82, 2.24) is 5.32 Å². The fourth-order valence-corrected chi connectivity index (χ4v) is 2.53. The number of aliphatic hydroxyl groups is 3. The summed E-state index contributed by atoms with van der Waals surface area (Å²) in [5.74, 6) is -0.398. The molecule has 0 bridgehead atoms. The minimum atomic E-state index is -1.10. The zero-order chi connectivity index (χ0) is 14.7. The number of hydrogen-bond donors (Lipinski definition) is 5. The van der Waals surface area contributed by atoms with Gasteiger partial charge >= 0.3 is 0 Å². The minimum absolute atomic E-state index is 0.0672. The molecular weight excluding hydrogens is 262 g/mol. The van der Waals surface area contributed by atoms with E-state index in [-0.39, 0.29) is 18.4 Å². The van der Waals surface area contributed by atoms with E-state index in [9.17, 15) is 20.4 Å². The summed E-state index contributed by atoms with van der Waals surface area (Å²) in [4.78, 5) is 0. The Labute approximate surface area is 117 Å². The highest BCUT2D eigenvalue weighted by molar-refractivity contribution is 5.28. The Morgan fingerprint density at radius 3 is 2.50 bits per heavy atom. The third-order valence-electron chi connectivity index (χ3n) is 3.79. The summed E-state index contributed by atoms with van der Waals surface area (Å²) in [6.07, 6.45) is -2.70. The van der Waals surface area contributed by atoms with Crippen LogP contribution in [0.15, 0.2) is 24.3 Å². The standard InChI is InChI=1S/C14H21NO5/c1-15-11(8-2-4-9(16)5-3-8)6-10-13(18)12(17)7-20-14(10)19/h2-5,10-19H,6-7H2,1H3/t10-,11?,12+,13+,14?/m1/s1. The SMILES string of the molecule is CNC(C[C@H]1C(O)OC[C@H](O)[C@H]1O)c1ccc(O)cc1. The maximum Gasteiger partial charge on any atom is 0.160 e. The average Bonchev–Trinajstić information content (AvgIpc) is 2.45. The maximum atomic E-state index is 9.99. The first-order chi connectivity index (χ1) is 9.52. The molecule has 2 rings (SSSR count). The molecule has 1 aliphatic rings. The van der Waals surface area contributed by atoms with E-state index in [0.29, 0.717) is 6.42 Å². The number of aromatic hydroxyl groups is 1. The lowest BCUT2D eigenvalue weighted by Gasteiger charge is -2.37. The Kier molecular flexibility index (Phi) is 4.95. The van der Waals surface area contributed by atoms with Crippen molar-refractivity contribution in [1.29, 1.82) is 0 Å². The summed E-state index contributed by atoms with van der Waals surface area (Å²) in [5, 5.41) is 41.8. The lowest BCUT2D eigenvalue weighted by Crippen LogP contribution is -2.50. The van der Waals surface area contributed by atoms with Gasteiger partial charge in [0.25, 0.3) is 0 Å². The van der Waals surface area contributed by atoms with Crippen molar-refractivity contribution >= 4 is 0 Å². The van der Waals surface area contributed by atoms with Gasteiger partial charge in [-0.3, -0.25) is 0 Å². The van der Waals surface area contributed by atoms with Crippen LogP contribution in [0.1, 0.15) is 18.0 Å². The van der Waals surface area contributed by atoms with E-state index in [1.165, 1.54) is 0 Å². The predicted molar refractivity (Wildman–Crippen MR) is 72.0 cm³/mol. The molecule has 1 aromatic carbocycles. The van der Waals surface area contributed by atoms with Gasteiger partial charge in [-0.15, -0.1) is 0 Å². The summed E-state index contributed by atoms with van der Waals surface area (Å²) >= 11 is 0. The van der Waals surface area contributed by atoms with Gasteiger partial charge in [0.1, 0.15) is 11.9 Å². The van der Waals surface area contributed by atoms with Crippen LogP contribution in [0.4, 0.5) is 0 Å². The number of rotatable bonds is 4.